The number of carbonyl (C=O) groups excluding carboxylic acids is 2. The average molecular weight is 258 g/mol. The summed E-state index contributed by atoms with van der Waals surface area (Å²) in [4.78, 5) is 36.4. The lowest BCUT2D eigenvalue weighted by Gasteiger charge is -2.34. The molecule has 0 aromatic rings. The molecule has 0 radical (unpaired) electrons. The lowest BCUT2D eigenvalue weighted by Crippen LogP contribution is -2.54. The monoisotopic (exact) mass is 258 g/mol. The highest BCUT2D eigenvalue weighted by Crippen LogP contribution is 2.02. The number of carboxylic acid groups (broad SMARTS) is 1. The Morgan fingerprint density at radius 3 is 2.17 bits per heavy atom. The van der Waals surface area contributed by atoms with Crippen molar-refractivity contribution in [3.8, 4) is 0 Å². The number of urea groups is 1. The minimum absolute atomic E-state index is 0.0112. The summed E-state index contributed by atoms with van der Waals surface area (Å²) in [5.74, 6) is -1.17. The zero-order valence-corrected chi connectivity index (χ0v) is 10.3. The second-order valence-corrected chi connectivity index (χ2v) is 4.12. The molecule has 0 aromatic heterocycles. The molecule has 18 heavy (non-hydrogen) atoms. The van der Waals surface area contributed by atoms with Gasteiger partial charge in [-0.2, -0.15) is 0 Å². The second kappa shape index (κ2) is 6.20. The first kappa shape index (κ1) is 14.2. The normalized spacial score (nSPS) is 17.2. The van der Waals surface area contributed by atoms with Crippen LogP contribution in [0.4, 0.5) is 4.79 Å². The van der Waals surface area contributed by atoms with Crippen LogP contribution in [0.1, 0.15) is 6.92 Å². The topological polar surface area (TPSA) is 116 Å². The maximum Gasteiger partial charge on any atom is 0.322 e. The summed E-state index contributed by atoms with van der Waals surface area (Å²) in [5, 5.41) is 11.0. The number of aliphatic carboxylic acids is 1. The van der Waals surface area contributed by atoms with E-state index in [9.17, 15) is 14.4 Å². The number of amides is 3. The molecular formula is C10H18N4O4. The summed E-state index contributed by atoms with van der Waals surface area (Å²) in [5.41, 5.74) is 5.27. The first-order valence-corrected chi connectivity index (χ1v) is 5.68. The van der Waals surface area contributed by atoms with E-state index < -0.39 is 12.0 Å². The fraction of sp³-hybridized carbons (Fsp3) is 0.700. The van der Waals surface area contributed by atoms with Gasteiger partial charge >= 0.3 is 12.0 Å². The van der Waals surface area contributed by atoms with E-state index in [1.54, 1.807) is 4.90 Å². The highest BCUT2D eigenvalue weighted by Gasteiger charge is 2.23. The summed E-state index contributed by atoms with van der Waals surface area (Å²) in [6.07, 6.45) is 0. The third kappa shape index (κ3) is 3.88. The van der Waals surface area contributed by atoms with E-state index in [0.717, 1.165) is 0 Å². The summed E-state index contributed by atoms with van der Waals surface area (Å²) in [6.45, 7) is 3.24. The van der Waals surface area contributed by atoms with Crippen molar-refractivity contribution in [2.75, 3.05) is 32.7 Å². The number of rotatable bonds is 3. The van der Waals surface area contributed by atoms with Gasteiger partial charge in [0.15, 0.2) is 0 Å². The van der Waals surface area contributed by atoms with Gasteiger partial charge in [-0.25, -0.2) is 4.79 Å². The van der Waals surface area contributed by atoms with Gasteiger partial charge in [-0.3, -0.25) is 9.59 Å². The Balaban J connectivity index is 2.32. The Hall–Kier alpha value is -1.83. The van der Waals surface area contributed by atoms with Crippen molar-refractivity contribution >= 4 is 17.9 Å². The van der Waals surface area contributed by atoms with Crippen LogP contribution in [0.15, 0.2) is 0 Å². The smallest absolute Gasteiger partial charge is 0.322 e. The number of carboxylic acids is 1. The fourth-order valence-electron chi connectivity index (χ4n) is 1.62. The Kier molecular flexibility index (Phi) is 4.90. The number of nitrogens with zero attached hydrogens (tertiary/aromatic N) is 2. The van der Waals surface area contributed by atoms with Gasteiger partial charge in [0.2, 0.25) is 5.91 Å². The summed E-state index contributed by atoms with van der Waals surface area (Å²) in [7, 11) is 0. The number of piperazine rings is 1. The minimum atomic E-state index is -1.16. The zero-order chi connectivity index (χ0) is 13.7. The third-order valence-electron chi connectivity index (χ3n) is 2.80. The van der Waals surface area contributed by atoms with E-state index in [1.807, 2.05) is 0 Å². The van der Waals surface area contributed by atoms with E-state index in [1.165, 1.54) is 11.8 Å². The lowest BCUT2D eigenvalue weighted by atomic mass is 10.3. The van der Waals surface area contributed by atoms with Gasteiger partial charge in [-0.1, -0.05) is 0 Å². The molecule has 102 valence electrons. The molecule has 1 atom stereocenters. The van der Waals surface area contributed by atoms with E-state index in [0.29, 0.717) is 26.2 Å². The van der Waals surface area contributed by atoms with E-state index in [4.69, 9.17) is 10.8 Å². The maximum atomic E-state index is 11.7. The third-order valence-corrected chi connectivity index (χ3v) is 2.80. The largest absolute Gasteiger partial charge is 0.480 e. The maximum absolute atomic E-state index is 11.7. The average Bonchev–Trinajstić information content (AvgIpc) is 2.35. The number of nitrogens with one attached hydrogen (secondary N) is 1. The lowest BCUT2D eigenvalue weighted by molar-refractivity contribution is -0.138. The molecule has 0 aliphatic carbocycles. The SMILES string of the molecule is CC(=O)N1CCN(C(=O)NCC(N)C(=O)O)CC1. The van der Waals surface area contributed by atoms with Crippen LogP contribution in [0.3, 0.4) is 0 Å². The zero-order valence-electron chi connectivity index (χ0n) is 10.3. The van der Waals surface area contributed by atoms with Crippen LogP contribution in [0.5, 0.6) is 0 Å². The fourth-order valence-corrected chi connectivity index (χ4v) is 1.62. The molecule has 0 aromatic carbocycles. The van der Waals surface area contributed by atoms with Crippen molar-refractivity contribution in [2.45, 2.75) is 13.0 Å². The molecule has 1 aliphatic heterocycles. The molecule has 0 bridgehead atoms. The van der Waals surface area contributed by atoms with Gasteiger partial charge < -0.3 is 26.0 Å². The van der Waals surface area contributed by atoms with Crippen LogP contribution >= 0.6 is 0 Å². The molecule has 1 fully saturated rings. The highest BCUT2D eigenvalue weighted by atomic mass is 16.4. The molecule has 1 rings (SSSR count). The number of hydrogen-bond donors (Lipinski definition) is 3. The number of carbonyl (C=O) groups is 3. The van der Waals surface area contributed by atoms with Crippen LogP contribution in [-0.4, -0.2) is 71.6 Å². The van der Waals surface area contributed by atoms with Gasteiger partial charge in [-0.15, -0.1) is 0 Å². The first-order chi connectivity index (χ1) is 8.41. The van der Waals surface area contributed by atoms with E-state index in [-0.39, 0.29) is 18.5 Å². The van der Waals surface area contributed by atoms with Crippen molar-refractivity contribution in [2.24, 2.45) is 5.73 Å². The van der Waals surface area contributed by atoms with Gasteiger partial charge in [-0.05, 0) is 0 Å². The van der Waals surface area contributed by atoms with Crippen molar-refractivity contribution < 1.29 is 19.5 Å². The number of hydrogen-bond acceptors (Lipinski definition) is 4. The molecule has 3 amide bonds. The van der Waals surface area contributed by atoms with Crippen LogP contribution in [-0.2, 0) is 9.59 Å². The van der Waals surface area contributed by atoms with Crippen molar-refractivity contribution in [3.05, 3.63) is 0 Å². The molecule has 4 N–H and O–H groups in total. The molecule has 1 heterocycles. The minimum Gasteiger partial charge on any atom is -0.480 e. The molecule has 8 nitrogen and oxygen atoms in total. The molecule has 8 heteroatoms. The molecule has 1 aliphatic rings. The van der Waals surface area contributed by atoms with Crippen LogP contribution in [0, 0.1) is 0 Å². The number of nitrogens with two attached hydrogens (primary N) is 1. The predicted molar refractivity (Wildman–Crippen MR) is 62.8 cm³/mol. The van der Waals surface area contributed by atoms with Crippen molar-refractivity contribution in [3.63, 3.8) is 0 Å². The van der Waals surface area contributed by atoms with Crippen LogP contribution in [0.2, 0.25) is 0 Å². The van der Waals surface area contributed by atoms with Crippen molar-refractivity contribution in [1.29, 1.82) is 0 Å². The summed E-state index contributed by atoms with van der Waals surface area (Å²) < 4.78 is 0. The van der Waals surface area contributed by atoms with Gasteiger partial charge in [0.25, 0.3) is 0 Å². The molecule has 0 saturated carbocycles. The Bertz CT molecular complexity index is 339. The summed E-state index contributed by atoms with van der Waals surface area (Å²) >= 11 is 0. The van der Waals surface area contributed by atoms with Crippen LogP contribution in [0.25, 0.3) is 0 Å². The Morgan fingerprint density at radius 2 is 1.72 bits per heavy atom. The highest BCUT2D eigenvalue weighted by molar-refractivity contribution is 5.78. The Labute approximate surface area is 105 Å². The standard InChI is InChI=1S/C10H18N4O4/c1-7(15)13-2-4-14(5-3-13)10(18)12-6-8(11)9(16)17/h8H,2-6,11H2,1H3,(H,12,18)(H,16,17). The summed E-state index contributed by atoms with van der Waals surface area (Å²) in [6, 6.07) is -1.46. The van der Waals surface area contributed by atoms with Crippen molar-refractivity contribution in [1.82, 2.24) is 15.1 Å². The second-order valence-electron chi connectivity index (χ2n) is 4.12. The first-order valence-electron chi connectivity index (χ1n) is 5.68. The predicted octanol–water partition coefficient (Wildman–Crippen LogP) is -1.73. The molecule has 1 saturated heterocycles. The van der Waals surface area contributed by atoms with E-state index in [2.05, 4.69) is 5.32 Å². The molecular weight excluding hydrogens is 240 g/mol. The quantitative estimate of drug-likeness (QED) is 0.556. The Morgan fingerprint density at radius 1 is 1.22 bits per heavy atom. The van der Waals surface area contributed by atoms with Gasteiger partial charge in [0.05, 0.1) is 0 Å². The molecule has 0 spiro atoms. The molecule has 1 unspecified atom stereocenters. The van der Waals surface area contributed by atoms with Crippen LogP contribution < -0.4 is 11.1 Å². The van der Waals surface area contributed by atoms with Gasteiger partial charge in [0.1, 0.15) is 6.04 Å². The van der Waals surface area contributed by atoms with Gasteiger partial charge in [0, 0.05) is 39.6 Å². The van der Waals surface area contributed by atoms with E-state index >= 15 is 0 Å².